The summed E-state index contributed by atoms with van der Waals surface area (Å²) >= 11 is 0. The van der Waals surface area contributed by atoms with Crippen molar-refractivity contribution < 1.29 is 70.3 Å². The fourth-order valence-electron chi connectivity index (χ4n) is 4.33. The van der Waals surface area contributed by atoms with Crippen molar-refractivity contribution in [2.75, 3.05) is 5.73 Å². The van der Waals surface area contributed by atoms with Crippen molar-refractivity contribution in [3.8, 4) is 22.5 Å². The first-order chi connectivity index (χ1) is 19.4. The molecule has 0 aliphatic carbocycles. The molecule has 42 heavy (non-hydrogen) atoms. The number of non-ortho nitro benzene ring substituents is 1. The van der Waals surface area contributed by atoms with Gasteiger partial charge in [-0.3, -0.25) is 15.1 Å². The largest absolute Gasteiger partial charge is 0.399 e. The summed E-state index contributed by atoms with van der Waals surface area (Å²) in [7, 11) is 0. The number of nitrogens with zero attached hydrogens (tertiary/aromatic N) is 3. The molecule has 6 aromatic rings. The van der Waals surface area contributed by atoms with Crippen LogP contribution < -0.4 is 5.73 Å². The molecule has 4 aromatic carbocycles. The van der Waals surface area contributed by atoms with Crippen LogP contribution >= 0.6 is 0 Å². The molecule has 0 unspecified atom stereocenters. The van der Waals surface area contributed by atoms with E-state index in [0.717, 1.165) is 67.6 Å². The molecular weight excluding hydrogens is 674 g/mol. The standard InChI is InChI=1S/C17H12N2O2.C17H14N2.2Y/c1-2-12-4-3-5-13(10-12)16-8-6-14-11-15(19(20)21)7-9-17(14)18-16;1-2-12-4-3-5-13(10-12)16-8-6-14-11-15(18)7-9-17(14)19-16;;/h3,5-11H,1-2H2;3,5-11H,1-2,18H2;;/q2*-2;;. The van der Waals surface area contributed by atoms with E-state index in [9.17, 15) is 10.1 Å². The summed E-state index contributed by atoms with van der Waals surface area (Å²) in [6.45, 7) is 7.74. The van der Waals surface area contributed by atoms with E-state index in [1.807, 2.05) is 66.7 Å². The van der Waals surface area contributed by atoms with Gasteiger partial charge in [-0.15, -0.1) is 11.1 Å². The van der Waals surface area contributed by atoms with Crippen molar-refractivity contribution in [1.82, 2.24) is 9.97 Å². The number of nitro groups is 1. The van der Waals surface area contributed by atoms with E-state index >= 15 is 0 Å². The summed E-state index contributed by atoms with van der Waals surface area (Å²) in [5.74, 6) is 0. The zero-order valence-electron chi connectivity index (χ0n) is 23.0. The van der Waals surface area contributed by atoms with Crippen LogP contribution in [0.25, 0.3) is 44.3 Å². The molecule has 6 nitrogen and oxygen atoms in total. The van der Waals surface area contributed by atoms with Crippen molar-refractivity contribution in [2.24, 2.45) is 0 Å². The first kappa shape index (κ1) is 33.6. The van der Waals surface area contributed by atoms with Crippen LogP contribution in [-0.4, -0.2) is 14.9 Å². The first-order valence-electron chi connectivity index (χ1n) is 12.8. The summed E-state index contributed by atoms with van der Waals surface area (Å²) in [4.78, 5) is 19.6. The maximum Gasteiger partial charge on any atom is 0.270 e. The second kappa shape index (κ2) is 15.5. The Labute approximate surface area is 296 Å². The number of pyridine rings is 2. The summed E-state index contributed by atoms with van der Waals surface area (Å²) in [6.07, 6.45) is 1.41. The molecule has 0 amide bonds. The Bertz CT molecular complexity index is 1840. The molecule has 8 heteroatoms. The van der Waals surface area contributed by atoms with Gasteiger partial charge in [-0.25, -0.2) is 4.98 Å². The van der Waals surface area contributed by atoms with Crippen molar-refractivity contribution in [1.29, 1.82) is 0 Å². The normalized spacial score (nSPS) is 10.2. The van der Waals surface area contributed by atoms with Crippen LogP contribution in [0.2, 0.25) is 0 Å². The van der Waals surface area contributed by atoms with Gasteiger partial charge in [-0.1, -0.05) is 12.1 Å². The predicted molar refractivity (Wildman–Crippen MR) is 161 cm³/mol. The Morgan fingerprint density at radius 2 is 1.19 bits per heavy atom. The van der Waals surface area contributed by atoms with Gasteiger partial charge >= 0.3 is 0 Å². The van der Waals surface area contributed by atoms with Gasteiger partial charge in [0.05, 0.1) is 16.0 Å². The molecule has 2 heterocycles. The zero-order chi connectivity index (χ0) is 28.1. The van der Waals surface area contributed by atoms with E-state index in [1.165, 1.54) is 12.1 Å². The van der Waals surface area contributed by atoms with Crippen LogP contribution in [0.4, 0.5) is 11.4 Å². The molecule has 0 spiro atoms. The Morgan fingerprint density at radius 3 is 1.69 bits per heavy atom. The van der Waals surface area contributed by atoms with Crippen LogP contribution in [-0.2, 0) is 78.3 Å². The van der Waals surface area contributed by atoms with Gasteiger partial charge in [0.25, 0.3) is 5.69 Å². The second-order valence-corrected chi connectivity index (χ2v) is 9.18. The third kappa shape index (κ3) is 8.14. The molecule has 204 valence electrons. The van der Waals surface area contributed by atoms with Crippen molar-refractivity contribution in [3.63, 3.8) is 0 Å². The maximum atomic E-state index is 10.8. The fourth-order valence-corrected chi connectivity index (χ4v) is 4.33. The molecule has 2 aromatic heterocycles. The predicted octanol–water partition coefficient (Wildman–Crippen LogP) is 7.64. The average molecular weight is 700 g/mol. The van der Waals surface area contributed by atoms with Gasteiger partial charge in [0, 0.05) is 105 Å². The van der Waals surface area contributed by atoms with Crippen LogP contribution in [0.1, 0.15) is 11.1 Å². The summed E-state index contributed by atoms with van der Waals surface area (Å²) in [6, 6.07) is 36.3. The monoisotopic (exact) mass is 700 g/mol. The molecule has 0 fully saturated rings. The minimum Gasteiger partial charge on any atom is -0.399 e. The fraction of sp³-hybridized carbons (Fsp3) is 0.0588. The molecule has 0 aliphatic heterocycles. The van der Waals surface area contributed by atoms with Gasteiger partial charge < -0.3 is 19.6 Å². The number of rotatable bonds is 5. The zero-order valence-corrected chi connectivity index (χ0v) is 28.6. The molecule has 0 saturated carbocycles. The molecule has 0 bridgehead atoms. The van der Waals surface area contributed by atoms with E-state index in [0.29, 0.717) is 6.42 Å². The number of nitrogens with two attached hydrogens (primary N) is 1. The summed E-state index contributed by atoms with van der Waals surface area (Å²) in [5.41, 5.74) is 14.3. The number of nitro benzene ring substituents is 1. The number of hydrogen-bond donors (Lipinski definition) is 1. The molecule has 0 atom stereocenters. The van der Waals surface area contributed by atoms with Crippen molar-refractivity contribution in [2.45, 2.75) is 12.8 Å². The number of fused-ring (bicyclic) bond motifs is 2. The topological polar surface area (TPSA) is 94.9 Å². The Balaban J connectivity index is 0.000000221. The van der Waals surface area contributed by atoms with Gasteiger partial charge in [-0.2, -0.15) is 72.5 Å². The Kier molecular flexibility index (Phi) is 12.4. The minimum atomic E-state index is -0.402. The van der Waals surface area contributed by atoms with Crippen molar-refractivity contribution in [3.05, 3.63) is 144 Å². The quantitative estimate of drug-likeness (QED) is 0.0864. The molecular formula is C34H26N4O2Y2-4. The van der Waals surface area contributed by atoms with Crippen LogP contribution in [0.15, 0.2) is 97.1 Å². The van der Waals surface area contributed by atoms with E-state index in [4.69, 9.17) is 5.73 Å². The number of nitrogen functional groups attached to an aromatic ring is 1. The second-order valence-electron chi connectivity index (χ2n) is 9.18. The SMILES string of the molecule is [CH2-]Cc1[c-]ccc(-c2ccc3cc(N)ccc3n2)c1.[CH2-]Cc1[c-]ccc(-c2ccc3cc([N+](=O)[O-])ccc3n2)c1.[Y].[Y]. The van der Waals surface area contributed by atoms with Crippen LogP contribution in [0.5, 0.6) is 0 Å². The van der Waals surface area contributed by atoms with Gasteiger partial charge in [0.2, 0.25) is 0 Å². The Hall–Kier alpha value is -2.89. The third-order valence-electron chi connectivity index (χ3n) is 6.45. The van der Waals surface area contributed by atoms with E-state index < -0.39 is 4.92 Å². The number of benzene rings is 4. The maximum absolute atomic E-state index is 10.8. The van der Waals surface area contributed by atoms with Crippen molar-refractivity contribution >= 4 is 33.2 Å². The molecule has 6 rings (SSSR count). The number of anilines is 1. The molecule has 0 aliphatic rings. The molecule has 2 radical (unpaired) electrons. The number of aromatic nitrogens is 2. The van der Waals surface area contributed by atoms with E-state index in [2.05, 4.69) is 48.1 Å². The van der Waals surface area contributed by atoms with Gasteiger partial charge in [0.1, 0.15) is 0 Å². The summed E-state index contributed by atoms with van der Waals surface area (Å²) in [5, 5.41) is 12.6. The minimum absolute atomic E-state index is 0. The summed E-state index contributed by atoms with van der Waals surface area (Å²) < 4.78 is 0. The molecule has 2 N–H and O–H groups in total. The van der Waals surface area contributed by atoms with E-state index in [-0.39, 0.29) is 71.1 Å². The van der Waals surface area contributed by atoms with Crippen LogP contribution in [0.3, 0.4) is 0 Å². The first-order valence-corrected chi connectivity index (χ1v) is 12.8. The number of hydrogen-bond acceptors (Lipinski definition) is 5. The van der Waals surface area contributed by atoms with Gasteiger partial charge in [-0.05, 0) is 36.4 Å². The van der Waals surface area contributed by atoms with Crippen LogP contribution in [0, 0.1) is 36.1 Å². The third-order valence-corrected chi connectivity index (χ3v) is 6.45. The smallest absolute Gasteiger partial charge is 0.270 e. The van der Waals surface area contributed by atoms with E-state index in [1.54, 1.807) is 6.07 Å². The molecule has 0 saturated heterocycles. The van der Waals surface area contributed by atoms with Gasteiger partial charge in [0.15, 0.2) is 0 Å². The average Bonchev–Trinajstić information content (AvgIpc) is 3.00. The Morgan fingerprint density at radius 1 is 0.690 bits per heavy atom.